The number of benzene rings is 4. The molecule has 0 bridgehead atoms. The van der Waals surface area contributed by atoms with E-state index >= 15 is 0 Å². The molecule has 0 fully saturated rings. The molecule has 0 aliphatic heterocycles. The molecule has 0 saturated heterocycles. The number of nitrogens with zero attached hydrogens (tertiary/aromatic N) is 2. The molecule has 0 aliphatic carbocycles. The van der Waals surface area contributed by atoms with Crippen LogP contribution in [-0.4, -0.2) is 44.3 Å². The highest BCUT2D eigenvalue weighted by Gasteiger charge is 2.35. The number of amides is 2. The highest BCUT2D eigenvalue weighted by atomic mass is 35.5. The largest absolute Gasteiger partial charge is 0.354 e. The van der Waals surface area contributed by atoms with Crippen molar-refractivity contribution in [3.05, 3.63) is 130 Å². The van der Waals surface area contributed by atoms with Gasteiger partial charge in [-0.1, -0.05) is 109 Å². The van der Waals surface area contributed by atoms with Crippen LogP contribution < -0.4 is 9.62 Å². The van der Waals surface area contributed by atoms with E-state index < -0.39 is 28.5 Å². The van der Waals surface area contributed by atoms with Gasteiger partial charge in [-0.15, -0.1) is 0 Å². The maximum Gasteiger partial charge on any atom is 0.264 e. The van der Waals surface area contributed by atoms with Crippen LogP contribution in [0.15, 0.2) is 114 Å². The zero-order valence-corrected chi connectivity index (χ0v) is 26.7. The topological polar surface area (TPSA) is 86.8 Å². The average molecular weight is 653 g/mol. The summed E-state index contributed by atoms with van der Waals surface area (Å²) in [6.07, 6.45) is 1.90. The predicted octanol–water partition coefficient (Wildman–Crippen LogP) is 6.75. The molecule has 4 aromatic carbocycles. The summed E-state index contributed by atoms with van der Waals surface area (Å²) in [5, 5.41) is 3.68. The summed E-state index contributed by atoms with van der Waals surface area (Å²) in [7, 11) is -4.22. The van der Waals surface area contributed by atoms with Gasteiger partial charge in [0.1, 0.15) is 12.6 Å². The third-order valence-corrected chi connectivity index (χ3v) is 9.44. The fraction of sp³-hybridized carbons (Fsp3) is 0.235. The van der Waals surface area contributed by atoms with E-state index in [0.717, 1.165) is 28.3 Å². The molecule has 0 aliphatic rings. The Morgan fingerprint density at radius 2 is 1.41 bits per heavy atom. The standard InChI is InChI=1S/C34H35Cl2N3O4S/c1-2-3-22-37-34(41)32(23-26-12-6-4-7-13-26)38(24-27-18-20-28(35)21-19-27)33(40)25-39(31-17-11-10-16-30(31)36)44(42,43)29-14-8-5-9-15-29/h4-21,32H,2-3,22-25H2,1H3,(H,37,41)/t32-/m0/s1. The monoisotopic (exact) mass is 651 g/mol. The average Bonchev–Trinajstić information content (AvgIpc) is 3.03. The van der Waals surface area contributed by atoms with Gasteiger partial charge in [-0.2, -0.15) is 0 Å². The normalized spacial score (nSPS) is 11.9. The van der Waals surface area contributed by atoms with Crippen LogP contribution in [0.4, 0.5) is 5.69 Å². The van der Waals surface area contributed by atoms with Crippen LogP contribution in [0.3, 0.4) is 0 Å². The Labute approximate surface area is 269 Å². The molecular formula is C34H35Cl2N3O4S. The van der Waals surface area contributed by atoms with E-state index in [9.17, 15) is 18.0 Å². The van der Waals surface area contributed by atoms with Crippen LogP contribution in [0.5, 0.6) is 0 Å². The van der Waals surface area contributed by atoms with E-state index in [2.05, 4.69) is 5.32 Å². The fourth-order valence-corrected chi connectivity index (χ4v) is 6.60. The van der Waals surface area contributed by atoms with Crippen molar-refractivity contribution in [2.75, 3.05) is 17.4 Å². The minimum atomic E-state index is -4.22. The number of rotatable bonds is 14. The van der Waals surface area contributed by atoms with E-state index in [1.54, 1.807) is 66.7 Å². The third kappa shape index (κ3) is 8.62. The first-order valence-electron chi connectivity index (χ1n) is 14.4. The molecule has 0 heterocycles. The number of carbonyl (C=O) groups is 2. The number of unbranched alkanes of at least 4 members (excludes halogenated alkanes) is 1. The number of para-hydroxylation sites is 1. The molecule has 0 spiro atoms. The third-order valence-electron chi connectivity index (χ3n) is 7.10. The maximum atomic E-state index is 14.4. The molecule has 10 heteroatoms. The quantitative estimate of drug-likeness (QED) is 0.153. The summed E-state index contributed by atoms with van der Waals surface area (Å²) in [4.78, 5) is 29.6. The van der Waals surface area contributed by atoms with Gasteiger partial charge in [-0.25, -0.2) is 8.42 Å². The lowest BCUT2D eigenvalue weighted by molar-refractivity contribution is -0.140. The first kappa shape index (κ1) is 33.1. The van der Waals surface area contributed by atoms with Crippen molar-refractivity contribution < 1.29 is 18.0 Å². The molecule has 0 unspecified atom stereocenters. The molecule has 7 nitrogen and oxygen atoms in total. The van der Waals surface area contributed by atoms with E-state index in [0.29, 0.717) is 11.6 Å². The highest BCUT2D eigenvalue weighted by molar-refractivity contribution is 7.92. The summed E-state index contributed by atoms with van der Waals surface area (Å²) in [5.74, 6) is -0.884. The Bertz CT molecular complexity index is 1640. The molecule has 4 rings (SSSR count). The Balaban J connectivity index is 1.78. The lowest BCUT2D eigenvalue weighted by atomic mass is 10.0. The second kappa shape index (κ2) is 15.7. The van der Waals surface area contributed by atoms with Crippen LogP contribution in [-0.2, 0) is 32.6 Å². The SMILES string of the molecule is CCCCNC(=O)[C@H](Cc1ccccc1)N(Cc1ccc(Cl)cc1)C(=O)CN(c1ccccc1Cl)S(=O)(=O)c1ccccc1. The van der Waals surface area contributed by atoms with Crippen molar-refractivity contribution in [1.82, 2.24) is 10.2 Å². The van der Waals surface area contributed by atoms with Gasteiger partial charge in [0.15, 0.2) is 0 Å². The van der Waals surface area contributed by atoms with Gasteiger partial charge in [0.25, 0.3) is 10.0 Å². The van der Waals surface area contributed by atoms with Crippen molar-refractivity contribution >= 4 is 50.7 Å². The number of nitrogens with one attached hydrogen (secondary N) is 1. The molecule has 0 saturated carbocycles. The Morgan fingerprint density at radius 3 is 2.05 bits per heavy atom. The number of carbonyl (C=O) groups excluding carboxylic acids is 2. The van der Waals surface area contributed by atoms with E-state index in [-0.39, 0.29) is 34.5 Å². The van der Waals surface area contributed by atoms with Gasteiger partial charge in [-0.05, 0) is 53.9 Å². The zero-order valence-electron chi connectivity index (χ0n) is 24.4. The summed E-state index contributed by atoms with van der Waals surface area (Å²) in [6, 6.07) is 29.8. The van der Waals surface area contributed by atoms with Crippen molar-refractivity contribution in [2.24, 2.45) is 0 Å². The van der Waals surface area contributed by atoms with Crippen LogP contribution in [0, 0.1) is 0 Å². The minimum Gasteiger partial charge on any atom is -0.354 e. The molecular weight excluding hydrogens is 617 g/mol. The number of hydrogen-bond donors (Lipinski definition) is 1. The van der Waals surface area contributed by atoms with E-state index in [1.165, 1.54) is 17.0 Å². The summed E-state index contributed by atoms with van der Waals surface area (Å²) in [6.45, 7) is 1.96. The van der Waals surface area contributed by atoms with Crippen molar-refractivity contribution in [1.29, 1.82) is 0 Å². The van der Waals surface area contributed by atoms with Crippen molar-refractivity contribution in [3.8, 4) is 0 Å². The molecule has 2 amide bonds. The fourth-order valence-electron chi connectivity index (χ4n) is 4.73. The second-order valence-corrected chi connectivity index (χ2v) is 13.0. The van der Waals surface area contributed by atoms with Gasteiger partial charge in [0.05, 0.1) is 15.6 Å². The number of hydrogen-bond acceptors (Lipinski definition) is 4. The van der Waals surface area contributed by atoms with Crippen LogP contribution in [0.1, 0.15) is 30.9 Å². The van der Waals surface area contributed by atoms with Gasteiger partial charge in [0, 0.05) is 24.5 Å². The van der Waals surface area contributed by atoms with Crippen molar-refractivity contribution in [2.45, 2.75) is 43.7 Å². The minimum absolute atomic E-state index is 0.00937. The lowest BCUT2D eigenvalue weighted by Gasteiger charge is -2.34. The molecule has 230 valence electrons. The van der Waals surface area contributed by atoms with Gasteiger partial charge < -0.3 is 10.2 Å². The molecule has 44 heavy (non-hydrogen) atoms. The molecule has 1 N–H and O–H groups in total. The van der Waals surface area contributed by atoms with E-state index in [4.69, 9.17) is 23.2 Å². The number of halogens is 2. The summed E-state index contributed by atoms with van der Waals surface area (Å²) < 4.78 is 29.0. The molecule has 4 aromatic rings. The zero-order chi connectivity index (χ0) is 31.5. The van der Waals surface area contributed by atoms with Gasteiger partial charge in [0.2, 0.25) is 11.8 Å². The van der Waals surface area contributed by atoms with E-state index in [1.807, 2.05) is 37.3 Å². The first-order chi connectivity index (χ1) is 21.2. The van der Waals surface area contributed by atoms with Gasteiger partial charge in [-0.3, -0.25) is 13.9 Å². The number of sulfonamides is 1. The lowest BCUT2D eigenvalue weighted by Crippen LogP contribution is -2.53. The van der Waals surface area contributed by atoms with Crippen LogP contribution >= 0.6 is 23.2 Å². The smallest absolute Gasteiger partial charge is 0.264 e. The van der Waals surface area contributed by atoms with Crippen molar-refractivity contribution in [3.63, 3.8) is 0 Å². The van der Waals surface area contributed by atoms with Crippen LogP contribution in [0.25, 0.3) is 0 Å². The first-order valence-corrected chi connectivity index (χ1v) is 16.6. The van der Waals surface area contributed by atoms with Crippen LogP contribution in [0.2, 0.25) is 10.0 Å². The Hall–Kier alpha value is -3.85. The summed E-state index contributed by atoms with van der Waals surface area (Å²) in [5.41, 5.74) is 1.75. The summed E-state index contributed by atoms with van der Waals surface area (Å²) >= 11 is 12.6. The maximum absolute atomic E-state index is 14.4. The molecule has 1 atom stereocenters. The molecule has 0 radical (unpaired) electrons. The predicted molar refractivity (Wildman–Crippen MR) is 176 cm³/mol. The van der Waals surface area contributed by atoms with Gasteiger partial charge >= 0.3 is 0 Å². The Kier molecular flexibility index (Phi) is 11.8. The molecule has 0 aromatic heterocycles. The number of anilines is 1. The Morgan fingerprint density at radius 1 is 0.795 bits per heavy atom. The second-order valence-electron chi connectivity index (χ2n) is 10.3. The highest BCUT2D eigenvalue weighted by Crippen LogP contribution is 2.31.